The summed E-state index contributed by atoms with van der Waals surface area (Å²) in [5.41, 5.74) is 0.826. The van der Waals surface area contributed by atoms with E-state index in [0.29, 0.717) is 23.0 Å². The molecule has 0 bridgehead atoms. The van der Waals surface area contributed by atoms with E-state index in [1.54, 1.807) is 36.4 Å². The number of rotatable bonds is 6. The largest absolute Gasteiger partial charge is 0.497 e. The zero-order valence-corrected chi connectivity index (χ0v) is 14.7. The molecule has 1 aromatic heterocycles. The SMILES string of the molecule is COc1ccc(NC(=O)c2cc(Nc3ccccc3F)ncn2)c(OC)c1. The summed E-state index contributed by atoms with van der Waals surface area (Å²) in [4.78, 5) is 20.5. The third-order valence-corrected chi connectivity index (χ3v) is 3.69. The fraction of sp³-hybridized carbons (Fsp3) is 0.105. The first-order chi connectivity index (χ1) is 13.1. The molecule has 3 aromatic rings. The van der Waals surface area contributed by atoms with Gasteiger partial charge in [-0.2, -0.15) is 0 Å². The van der Waals surface area contributed by atoms with Crippen LogP contribution in [-0.2, 0) is 0 Å². The number of carbonyl (C=O) groups is 1. The lowest BCUT2D eigenvalue weighted by molar-refractivity contribution is 0.102. The highest BCUT2D eigenvalue weighted by Gasteiger charge is 2.13. The third-order valence-electron chi connectivity index (χ3n) is 3.69. The van der Waals surface area contributed by atoms with Crippen LogP contribution in [0.15, 0.2) is 54.9 Å². The number of benzene rings is 2. The van der Waals surface area contributed by atoms with E-state index >= 15 is 0 Å². The maximum Gasteiger partial charge on any atom is 0.274 e. The molecule has 0 aliphatic rings. The van der Waals surface area contributed by atoms with E-state index in [1.807, 2.05) is 0 Å². The van der Waals surface area contributed by atoms with Gasteiger partial charge in [0.25, 0.3) is 5.91 Å². The number of halogens is 1. The summed E-state index contributed by atoms with van der Waals surface area (Å²) in [5, 5.41) is 5.54. The van der Waals surface area contributed by atoms with Crippen LogP contribution in [0.25, 0.3) is 0 Å². The Bertz CT molecular complexity index is 965. The number of para-hydroxylation sites is 1. The molecule has 0 unspecified atom stereocenters. The Kier molecular flexibility index (Phi) is 5.46. The highest BCUT2D eigenvalue weighted by molar-refractivity contribution is 6.04. The highest BCUT2D eigenvalue weighted by Crippen LogP contribution is 2.29. The number of nitrogens with one attached hydrogen (secondary N) is 2. The molecule has 1 amide bonds. The Morgan fingerprint density at radius 3 is 2.56 bits per heavy atom. The summed E-state index contributed by atoms with van der Waals surface area (Å²) >= 11 is 0. The molecule has 0 fully saturated rings. The summed E-state index contributed by atoms with van der Waals surface area (Å²) < 4.78 is 24.1. The molecule has 27 heavy (non-hydrogen) atoms. The number of methoxy groups -OCH3 is 2. The van der Waals surface area contributed by atoms with E-state index in [0.717, 1.165) is 0 Å². The second-order valence-corrected chi connectivity index (χ2v) is 5.41. The molecule has 0 radical (unpaired) electrons. The van der Waals surface area contributed by atoms with E-state index in [4.69, 9.17) is 9.47 Å². The van der Waals surface area contributed by atoms with Gasteiger partial charge in [-0.25, -0.2) is 14.4 Å². The number of carbonyl (C=O) groups excluding carboxylic acids is 1. The fourth-order valence-electron chi connectivity index (χ4n) is 2.34. The van der Waals surface area contributed by atoms with E-state index in [9.17, 15) is 9.18 Å². The Hall–Kier alpha value is -3.68. The fourth-order valence-corrected chi connectivity index (χ4v) is 2.34. The molecule has 0 aliphatic carbocycles. The summed E-state index contributed by atoms with van der Waals surface area (Å²) in [7, 11) is 3.03. The number of aromatic nitrogens is 2. The molecule has 1 heterocycles. The molecule has 0 aliphatic heterocycles. The number of hydrogen-bond donors (Lipinski definition) is 2. The van der Waals surface area contributed by atoms with Crippen molar-refractivity contribution in [1.29, 1.82) is 0 Å². The van der Waals surface area contributed by atoms with E-state index in [1.165, 1.54) is 32.7 Å². The second-order valence-electron chi connectivity index (χ2n) is 5.41. The molecular formula is C19H17FN4O3. The minimum absolute atomic E-state index is 0.113. The Morgan fingerprint density at radius 1 is 1.00 bits per heavy atom. The Labute approximate surface area is 155 Å². The average molecular weight is 368 g/mol. The first-order valence-electron chi connectivity index (χ1n) is 7.97. The predicted octanol–water partition coefficient (Wildman–Crippen LogP) is 3.63. The van der Waals surface area contributed by atoms with Crippen LogP contribution in [0.4, 0.5) is 21.6 Å². The van der Waals surface area contributed by atoms with Gasteiger partial charge in [0.1, 0.15) is 35.2 Å². The summed E-state index contributed by atoms with van der Waals surface area (Å²) in [5.74, 6) is 0.453. The monoisotopic (exact) mass is 368 g/mol. The van der Waals surface area contributed by atoms with Crippen LogP contribution in [0.3, 0.4) is 0 Å². The van der Waals surface area contributed by atoms with Gasteiger partial charge >= 0.3 is 0 Å². The van der Waals surface area contributed by atoms with Gasteiger partial charge in [0.2, 0.25) is 0 Å². The third kappa shape index (κ3) is 4.30. The van der Waals surface area contributed by atoms with Crippen molar-refractivity contribution >= 4 is 23.1 Å². The standard InChI is InChI=1S/C19H17FN4O3/c1-26-12-7-8-15(17(9-12)27-2)24-19(25)16-10-18(22-11-21-16)23-14-6-4-3-5-13(14)20/h3-11H,1-2H3,(H,24,25)(H,21,22,23). The molecule has 8 heteroatoms. The molecule has 2 N–H and O–H groups in total. The van der Waals surface area contributed by atoms with Crippen molar-refractivity contribution in [2.24, 2.45) is 0 Å². The van der Waals surface area contributed by atoms with Crippen LogP contribution in [0.1, 0.15) is 10.5 Å². The van der Waals surface area contributed by atoms with Gasteiger partial charge < -0.3 is 20.1 Å². The van der Waals surface area contributed by atoms with Crippen LogP contribution in [0.5, 0.6) is 11.5 Å². The van der Waals surface area contributed by atoms with Crippen molar-refractivity contribution in [3.8, 4) is 11.5 Å². The maximum atomic E-state index is 13.8. The summed E-state index contributed by atoms with van der Waals surface area (Å²) in [6.07, 6.45) is 1.23. The van der Waals surface area contributed by atoms with Gasteiger partial charge in [-0.05, 0) is 24.3 Å². The van der Waals surface area contributed by atoms with Crippen molar-refractivity contribution in [3.63, 3.8) is 0 Å². The molecular weight excluding hydrogens is 351 g/mol. The van der Waals surface area contributed by atoms with Crippen LogP contribution in [0.2, 0.25) is 0 Å². The smallest absolute Gasteiger partial charge is 0.274 e. The van der Waals surface area contributed by atoms with E-state index in [-0.39, 0.29) is 11.4 Å². The molecule has 0 atom stereocenters. The molecule has 0 saturated carbocycles. The number of nitrogens with zero attached hydrogens (tertiary/aromatic N) is 2. The zero-order valence-electron chi connectivity index (χ0n) is 14.7. The molecule has 0 spiro atoms. The number of anilines is 3. The lowest BCUT2D eigenvalue weighted by atomic mass is 10.2. The molecule has 138 valence electrons. The van der Waals surface area contributed by atoms with Crippen LogP contribution < -0.4 is 20.1 Å². The van der Waals surface area contributed by atoms with Gasteiger partial charge in [-0.15, -0.1) is 0 Å². The molecule has 7 nitrogen and oxygen atoms in total. The van der Waals surface area contributed by atoms with Crippen LogP contribution in [0, 0.1) is 5.82 Å². The van der Waals surface area contributed by atoms with Gasteiger partial charge in [-0.1, -0.05) is 12.1 Å². The number of ether oxygens (including phenoxy) is 2. The van der Waals surface area contributed by atoms with Crippen molar-refractivity contribution < 1.29 is 18.7 Å². The molecule has 0 saturated heterocycles. The van der Waals surface area contributed by atoms with Gasteiger partial charge in [-0.3, -0.25) is 4.79 Å². The number of hydrogen-bond acceptors (Lipinski definition) is 6. The molecule has 3 rings (SSSR count). The Balaban J connectivity index is 1.79. The van der Waals surface area contributed by atoms with Gasteiger partial charge in [0.15, 0.2) is 0 Å². The van der Waals surface area contributed by atoms with Crippen molar-refractivity contribution in [2.45, 2.75) is 0 Å². The van der Waals surface area contributed by atoms with Gasteiger partial charge in [0.05, 0.1) is 25.6 Å². The van der Waals surface area contributed by atoms with Crippen molar-refractivity contribution in [1.82, 2.24) is 9.97 Å². The van der Waals surface area contributed by atoms with E-state index < -0.39 is 11.7 Å². The Morgan fingerprint density at radius 2 is 1.81 bits per heavy atom. The first kappa shape index (κ1) is 18.1. The van der Waals surface area contributed by atoms with Crippen LogP contribution >= 0.6 is 0 Å². The normalized spacial score (nSPS) is 10.2. The average Bonchev–Trinajstić information content (AvgIpc) is 2.70. The lowest BCUT2D eigenvalue weighted by Gasteiger charge is -2.12. The minimum Gasteiger partial charge on any atom is -0.497 e. The lowest BCUT2D eigenvalue weighted by Crippen LogP contribution is -2.15. The summed E-state index contributed by atoms with van der Waals surface area (Å²) in [6.45, 7) is 0. The topological polar surface area (TPSA) is 85.4 Å². The quantitative estimate of drug-likeness (QED) is 0.691. The summed E-state index contributed by atoms with van der Waals surface area (Å²) in [6, 6.07) is 12.6. The predicted molar refractivity (Wildman–Crippen MR) is 99.2 cm³/mol. The first-order valence-corrected chi connectivity index (χ1v) is 7.97. The minimum atomic E-state index is -0.461. The van der Waals surface area contributed by atoms with Crippen molar-refractivity contribution in [2.75, 3.05) is 24.9 Å². The highest BCUT2D eigenvalue weighted by atomic mass is 19.1. The van der Waals surface area contributed by atoms with Crippen molar-refractivity contribution in [3.05, 3.63) is 66.4 Å². The zero-order chi connectivity index (χ0) is 19.2. The maximum absolute atomic E-state index is 13.8. The number of amides is 1. The van der Waals surface area contributed by atoms with Gasteiger partial charge in [0, 0.05) is 12.1 Å². The molecule has 2 aromatic carbocycles. The van der Waals surface area contributed by atoms with Crippen LogP contribution in [-0.4, -0.2) is 30.1 Å². The van der Waals surface area contributed by atoms with E-state index in [2.05, 4.69) is 20.6 Å². The second kappa shape index (κ2) is 8.13.